The van der Waals surface area contributed by atoms with Gasteiger partial charge in [-0.3, -0.25) is 0 Å². The van der Waals surface area contributed by atoms with Gasteiger partial charge in [0.25, 0.3) is 0 Å². The van der Waals surface area contributed by atoms with E-state index in [9.17, 15) is 0 Å². The number of imidazole rings is 4. The van der Waals surface area contributed by atoms with Crippen molar-refractivity contribution in [1.82, 2.24) is 44.9 Å². The number of hydrogen-bond acceptors (Lipinski definition) is 4. The highest BCUT2D eigenvalue weighted by Gasteiger charge is 2.13. The van der Waals surface area contributed by atoms with Crippen molar-refractivity contribution < 1.29 is 0 Å². The quantitative estimate of drug-likeness (QED) is 0.272. The Balaban J connectivity index is 1.23. The van der Waals surface area contributed by atoms with Crippen molar-refractivity contribution in [3.05, 3.63) is 73.3 Å². The van der Waals surface area contributed by atoms with E-state index in [-0.39, 0.29) is 0 Å². The van der Waals surface area contributed by atoms with Gasteiger partial charge in [0, 0.05) is 35.9 Å². The molecule has 33 heavy (non-hydrogen) atoms. The number of hydrogen-bond donors (Lipinski definition) is 5. The molecule has 7 aromatic rings. The van der Waals surface area contributed by atoms with E-state index in [4.69, 9.17) is 9.97 Å². The van der Waals surface area contributed by atoms with Gasteiger partial charge < -0.3 is 24.9 Å². The first kappa shape index (κ1) is 17.7. The van der Waals surface area contributed by atoms with Gasteiger partial charge in [0.05, 0.1) is 33.5 Å². The SMILES string of the molecule is c1c[nH]c(-c2ccc3[nH]c(-c4ccc(-c5nc6cc(-c7ncc[nH]7)ccc6[nH]5)[nH]4)nc3c2)n1. The molecule has 0 aliphatic carbocycles. The zero-order valence-corrected chi connectivity index (χ0v) is 17.2. The molecule has 0 saturated carbocycles. The highest BCUT2D eigenvalue weighted by atomic mass is 15.0. The summed E-state index contributed by atoms with van der Waals surface area (Å²) in [7, 11) is 0. The number of H-pyrrole nitrogens is 5. The van der Waals surface area contributed by atoms with Crippen LogP contribution in [-0.4, -0.2) is 44.9 Å². The van der Waals surface area contributed by atoms with E-state index in [2.05, 4.69) is 34.9 Å². The number of nitrogens with one attached hydrogen (secondary N) is 5. The van der Waals surface area contributed by atoms with Gasteiger partial charge in [0.1, 0.15) is 11.6 Å². The van der Waals surface area contributed by atoms with Gasteiger partial charge >= 0.3 is 0 Å². The van der Waals surface area contributed by atoms with Gasteiger partial charge in [-0.05, 0) is 48.5 Å². The Morgan fingerprint density at radius 2 is 1.03 bits per heavy atom. The molecular formula is C24H17N9. The third-order valence-corrected chi connectivity index (χ3v) is 5.71. The molecule has 7 rings (SSSR count). The lowest BCUT2D eigenvalue weighted by atomic mass is 10.2. The van der Waals surface area contributed by atoms with Crippen molar-refractivity contribution in [3.63, 3.8) is 0 Å². The van der Waals surface area contributed by atoms with Gasteiger partial charge in [-0.2, -0.15) is 0 Å². The summed E-state index contributed by atoms with van der Waals surface area (Å²) in [5.41, 5.74) is 7.45. The van der Waals surface area contributed by atoms with E-state index in [0.29, 0.717) is 0 Å². The molecule has 2 aromatic carbocycles. The molecule has 5 aromatic heterocycles. The second-order valence-corrected chi connectivity index (χ2v) is 7.80. The van der Waals surface area contributed by atoms with Crippen molar-refractivity contribution >= 4 is 22.1 Å². The standard InChI is InChI=1S/C24H17N9/c1-3-15-19(11-13(1)21-25-7-8-26-21)32-23(30-15)17-5-6-18(29-17)24-31-16-4-2-14(12-20(16)33-24)22-27-9-10-28-22/h1-12,29H,(H,25,26)(H,27,28)(H,30,32)(H,31,33). The molecule has 0 fully saturated rings. The van der Waals surface area contributed by atoms with Crippen LogP contribution in [0.2, 0.25) is 0 Å². The number of aromatic nitrogens is 9. The van der Waals surface area contributed by atoms with Crippen LogP contribution in [0.3, 0.4) is 0 Å². The minimum atomic E-state index is 0.768. The first-order valence-corrected chi connectivity index (χ1v) is 10.5. The lowest BCUT2D eigenvalue weighted by Gasteiger charge is -1.95. The van der Waals surface area contributed by atoms with Crippen molar-refractivity contribution in [2.45, 2.75) is 0 Å². The Morgan fingerprint density at radius 1 is 0.515 bits per heavy atom. The summed E-state index contributed by atoms with van der Waals surface area (Å²) in [5.74, 6) is 3.18. The molecule has 0 bridgehead atoms. The second kappa shape index (κ2) is 6.79. The Kier molecular flexibility index (Phi) is 3.65. The van der Waals surface area contributed by atoms with Crippen molar-refractivity contribution in [2.75, 3.05) is 0 Å². The zero-order chi connectivity index (χ0) is 21.8. The Labute approximate surface area is 186 Å². The number of aromatic amines is 5. The van der Waals surface area contributed by atoms with Crippen LogP contribution in [0.25, 0.3) is 67.9 Å². The summed E-state index contributed by atoms with van der Waals surface area (Å²) < 4.78 is 0. The van der Waals surface area contributed by atoms with E-state index < -0.39 is 0 Å². The average Bonchev–Trinajstić information content (AvgIpc) is 3.68. The van der Waals surface area contributed by atoms with Crippen molar-refractivity contribution in [3.8, 4) is 45.8 Å². The molecule has 0 atom stereocenters. The Hall–Kier alpha value is -4.92. The van der Waals surface area contributed by atoms with E-state index in [1.165, 1.54) is 0 Å². The minimum absolute atomic E-state index is 0.768. The molecule has 0 radical (unpaired) electrons. The third kappa shape index (κ3) is 2.94. The monoisotopic (exact) mass is 431 g/mol. The van der Waals surface area contributed by atoms with Crippen LogP contribution in [0.5, 0.6) is 0 Å². The Bertz CT molecular complexity index is 1590. The molecule has 158 valence electrons. The first-order valence-electron chi connectivity index (χ1n) is 10.5. The number of fused-ring (bicyclic) bond motifs is 2. The van der Waals surface area contributed by atoms with E-state index >= 15 is 0 Å². The van der Waals surface area contributed by atoms with Gasteiger partial charge in [0.2, 0.25) is 0 Å². The van der Waals surface area contributed by atoms with Crippen LogP contribution < -0.4 is 0 Å². The number of benzene rings is 2. The normalized spacial score (nSPS) is 11.6. The van der Waals surface area contributed by atoms with Crippen LogP contribution in [0.1, 0.15) is 0 Å². The molecule has 5 heterocycles. The lowest BCUT2D eigenvalue weighted by molar-refractivity contribution is 1.24. The molecule has 0 spiro atoms. The number of nitrogens with zero attached hydrogens (tertiary/aromatic N) is 4. The Morgan fingerprint density at radius 3 is 1.48 bits per heavy atom. The molecule has 0 aliphatic rings. The fourth-order valence-corrected chi connectivity index (χ4v) is 4.08. The largest absolute Gasteiger partial charge is 0.349 e. The smallest absolute Gasteiger partial charge is 0.154 e. The van der Waals surface area contributed by atoms with E-state index in [0.717, 1.165) is 67.9 Å². The maximum Gasteiger partial charge on any atom is 0.154 e. The predicted molar refractivity (Wildman–Crippen MR) is 126 cm³/mol. The molecule has 9 heteroatoms. The molecule has 5 N–H and O–H groups in total. The fourth-order valence-electron chi connectivity index (χ4n) is 4.08. The first-order chi connectivity index (χ1) is 16.3. The summed E-state index contributed by atoms with van der Waals surface area (Å²) in [6.45, 7) is 0. The summed E-state index contributed by atoms with van der Waals surface area (Å²) in [6.07, 6.45) is 7.11. The highest BCUT2D eigenvalue weighted by molar-refractivity contribution is 5.85. The van der Waals surface area contributed by atoms with Crippen LogP contribution in [-0.2, 0) is 0 Å². The molecule has 0 amide bonds. The second-order valence-electron chi connectivity index (χ2n) is 7.80. The van der Waals surface area contributed by atoms with Gasteiger partial charge in [-0.25, -0.2) is 19.9 Å². The zero-order valence-electron chi connectivity index (χ0n) is 17.2. The summed E-state index contributed by atoms with van der Waals surface area (Å²) in [6, 6.07) is 16.1. The molecule has 0 aliphatic heterocycles. The van der Waals surface area contributed by atoms with Gasteiger partial charge in [-0.15, -0.1) is 0 Å². The lowest BCUT2D eigenvalue weighted by Crippen LogP contribution is -1.83. The summed E-state index contributed by atoms with van der Waals surface area (Å²) in [4.78, 5) is 34.6. The maximum atomic E-state index is 4.77. The van der Waals surface area contributed by atoms with Gasteiger partial charge in [-0.1, -0.05) is 0 Å². The molecular weight excluding hydrogens is 414 g/mol. The van der Waals surface area contributed by atoms with Crippen LogP contribution in [0.15, 0.2) is 73.3 Å². The average molecular weight is 431 g/mol. The van der Waals surface area contributed by atoms with E-state index in [1.54, 1.807) is 12.4 Å². The predicted octanol–water partition coefficient (Wildman–Crippen LogP) is 4.88. The number of rotatable bonds is 4. The maximum absolute atomic E-state index is 4.77. The van der Waals surface area contributed by atoms with Crippen molar-refractivity contribution in [2.24, 2.45) is 0 Å². The van der Waals surface area contributed by atoms with Crippen molar-refractivity contribution in [1.29, 1.82) is 0 Å². The van der Waals surface area contributed by atoms with Crippen LogP contribution in [0, 0.1) is 0 Å². The third-order valence-electron chi connectivity index (χ3n) is 5.71. The molecule has 0 saturated heterocycles. The van der Waals surface area contributed by atoms with E-state index in [1.807, 2.05) is 60.9 Å². The summed E-state index contributed by atoms with van der Waals surface area (Å²) in [5, 5.41) is 0. The van der Waals surface area contributed by atoms with Crippen LogP contribution in [0.4, 0.5) is 0 Å². The van der Waals surface area contributed by atoms with Gasteiger partial charge in [0.15, 0.2) is 11.6 Å². The fraction of sp³-hybridized carbons (Fsp3) is 0. The minimum Gasteiger partial charge on any atom is -0.349 e. The molecule has 9 nitrogen and oxygen atoms in total. The summed E-state index contributed by atoms with van der Waals surface area (Å²) >= 11 is 0. The van der Waals surface area contributed by atoms with Crippen LogP contribution >= 0.6 is 0 Å². The highest BCUT2D eigenvalue weighted by Crippen LogP contribution is 2.28. The molecule has 0 unspecified atom stereocenters. The topological polar surface area (TPSA) is 131 Å².